The molecule has 2 rings (SSSR count). The van der Waals surface area contributed by atoms with Gasteiger partial charge in [-0.3, -0.25) is 0 Å². The van der Waals surface area contributed by atoms with E-state index >= 15 is 0 Å². The molecule has 0 radical (unpaired) electrons. The first kappa shape index (κ1) is 14.4. The van der Waals surface area contributed by atoms with Gasteiger partial charge in [0, 0.05) is 12.5 Å². The minimum Gasteiger partial charge on any atom is -0.513 e. The number of benzene rings is 1. The summed E-state index contributed by atoms with van der Waals surface area (Å²) in [4.78, 5) is 13.2. The molecule has 1 N–H and O–H groups in total. The van der Waals surface area contributed by atoms with Crippen LogP contribution in [0, 0.1) is 5.92 Å². The van der Waals surface area contributed by atoms with Crippen molar-refractivity contribution in [2.24, 2.45) is 5.92 Å². The molecule has 20 heavy (non-hydrogen) atoms. The molecular formula is C15H18FNO3. The highest BCUT2D eigenvalue weighted by molar-refractivity contribution is 5.68. The van der Waals surface area contributed by atoms with E-state index in [1.807, 2.05) is 30.3 Å². The second kappa shape index (κ2) is 6.41. The SMILES string of the molecule is C=C(O)[C@H]1C[C@@H](F)CN(C(=O)OCc2ccccc2)C1. The van der Waals surface area contributed by atoms with Gasteiger partial charge in [0.25, 0.3) is 0 Å². The van der Waals surface area contributed by atoms with Crippen molar-refractivity contribution in [3.05, 3.63) is 48.2 Å². The number of alkyl halides is 1. The van der Waals surface area contributed by atoms with Crippen LogP contribution >= 0.6 is 0 Å². The fourth-order valence-corrected chi connectivity index (χ4v) is 2.24. The van der Waals surface area contributed by atoms with Crippen LogP contribution in [0.1, 0.15) is 12.0 Å². The molecule has 1 amide bonds. The van der Waals surface area contributed by atoms with E-state index in [9.17, 15) is 14.3 Å². The predicted molar refractivity (Wildman–Crippen MR) is 73.0 cm³/mol. The first-order valence-electron chi connectivity index (χ1n) is 6.53. The van der Waals surface area contributed by atoms with Gasteiger partial charge in [0.1, 0.15) is 12.8 Å². The maximum atomic E-state index is 13.6. The minimum absolute atomic E-state index is 0.00258. The van der Waals surface area contributed by atoms with Crippen LogP contribution in [0.5, 0.6) is 0 Å². The highest BCUT2D eigenvalue weighted by atomic mass is 19.1. The Hall–Kier alpha value is -2.04. The Morgan fingerprint density at radius 1 is 1.40 bits per heavy atom. The van der Waals surface area contributed by atoms with Crippen molar-refractivity contribution in [1.82, 2.24) is 4.90 Å². The summed E-state index contributed by atoms with van der Waals surface area (Å²) >= 11 is 0. The van der Waals surface area contributed by atoms with E-state index in [-0.39, 0.29) is 31.9 Å². The van der Waals surface area contributed by atoms with Crippen LogP contribution in [0.2, 0.25) is 0 Å². The van der Waals surface area contributed by atoms with Gasteiger partial charge < -0.3 is 14.7 Å². The summed E-state index contributed by atoms with van der Waals surface area (Å²) in [5.74, 6) is -0.517. The Balaban J connectivity index is 1.90. The van der Waals surface area contributed by atoms with E-state index in [1.54, 1.807) is 0 Å². The second-order valence-electron chi connectivity index (χ2n) is 4.97. The number of hydrogen-bond acceptors (Lipinski definition) is 3. The predicted octanol–water partition coefficient (Wildman–Crippen LogP) is 3.05. The number of halogens is 1. The van der Waals surface area contributed by atoms with Crippen LogP contribution in [0.15, 0.2) is 42.7 Å². The van der Waals surface area contributed by atoms with Crippen molar-refractivity contribution in [2.45, 2.75) is 19.2 Å². The van der Waals surface area contributed by atoms with Gasteiger partial charge in [-0.15, -0.1) is 0 Å². The number of likely N-dealkylation sites (tertiary alicyclic amines) is 1. The van der Waals surface area contributed by atoms with Crippen molar-refractivity contribution in [2.75, 3.05) is 13.1 Å². The zero-order valence-electron chi connectivity index (χ0n) is 11.2. The van der Waals surface area contributed by atoms with Gasteiger partial charge >= 0.3 is 6.09 Å². The first-order valence-corrected chi connectivity index (χ1v) is 6.53. The number of aliphatic hydroxyl groups excluding tert-OH is 1. The van der Waals surface area contributed by atoms with Crippen molar-refractivity contribution >= 4 is 6.09 Å². The molecule has 0 aromatic heterocycles. The Morgan fingerprint density at radius 3 is 2.75 bits per heavy atom. The highest BCUT2D eigenvalue weighted by Gasteiger charge is 2.32. The molecule has 0 saturated carbocycles. The smallest absolute Gasteiger partial charge is 0.410 e. The molecule has 1 aliphatic rings. The van der Waals surface area contributed by atoms with Crippen molar-refractivity contribution < 1.29 is 19.0 Å². The monoisotopic (exact) mass is 279 g/mol. The Morgan fingerprint density at radius 2 is 2.10 bits per heavy atom. The van der Waals surface area contributed by atoms with Crippen LogP contribution < -0.4 is 0 Å². The van der Waals surface area contributed by atoms with E-state index < -0.39 is 18.2 Å². The fourth-order valence-electron chi connectivity index (χ4n) is 2.24. The third-order valence-electron chi connectivity index (χ3n) is 3.33. The zero-order chi connectivity index (χ0) is 14.5. The van der Waals surface area contributed by atoms with Gasteiger partial charge in [-0.1, -0.05) is 36.9 Å². The third kappa shape index (κ3) is 3.73. The average Bonchev–Trinajstić information content (AvgIpc) is 2.45. The summed E-state index contributed by atoms with van der Waals surface area (Å²) in [6.45, 7) is 3.80. The molecule has 5 heteroatoms. The molecule has 0 unspecified atom stereocenters. The minimum atomic E-state index is -1.16. The summed E-state index contributed by atoms with van der Waals surface area (Å²) in [5.41, 5.74) is 0.873. The lowest BCUT2D eigenvalue weighted by Crippen LogP contribution is -2.45. The van der Waals surface area contributed by atoms with Crippen LogP contribution in [0.4, 0.5) is 9.18 Å². The number of carbonyl (C=O) groups is 1. The van der Waals surface area contributed by atoms with Gasteiger partial charge in [-0.05, 0) is 12.0 Å². The summed E-state index contributed by atoms with van der Waals surface area (Å²) in [7, 11) is 0. The number of amides is 1. The quantitative estimate of drug-likeness (QED) is 0.865. The average molecular weight is 279 g/mol. The second-order valence-corrected chi connectivity index (χ2v) is 4.97. The van der Waals surface area contributed by atoms with E-state index in [0.717, 1.165) is 5.56 Å². The van der Waals surface area contributed by atoms with Crippen molar-refractivity contribution in [3.8, 4) is 0 Å². The summed E-state index contributed by atoms with van der Waals surface area (Å²) in [5, 5.41) is 9.36. The summed E-state index contributed by atoms with van der Waals surface area (Å²) in [6.07, 6.45) is -1.54. The number of aliphatic hydroxyl groups is 1. The van der Waals surface area contributed by atoms with Crippen LogP contribution in [0.25, 0.3) is 0 Å². The van der Waals surface area contributed by atoms with Crippen molar-refractivity contribution in [1.29, 1.82) is 0 Å². The van der Waals surface area contributed by atoms with Crippen LogP contribution in [-0.4, -0.2) is 35.4 Å². The van der Waals surface area contributed by atoms with Gasteiger partial charge in [0.2, 0.25) is 0 Å². The maximum Gasteiger partial charge on any atom is 0.410 e. The van der Waals surface area contributed by atoms with E-state index in [2.05, 4.69) is 6.58 Å². The molecule has 0 bridgehead atoms. The summed E-state index contributed by atoms with van der Waals surface area (Å²) < 4.78 is 18.7. The molecule has 1 aliphatic heterocycles. The van der Waals surface area contributed by atoms with Gasteiger partial charge in [0.15, 0.2) is 0 Å². The molecule has 1 aromatic rings. The molecule has 1 heterocycles. The molecule has 0 aliphatic carbocycles. The largest absolute Gasteiger partial charge is 0.513 e. The van der Waals surface area contributed by atoms with E-state index in [1.165, 1.54) is 4.90 Å². The number of nitrogens with zero attached hydrogens (tertiary/aromatic N) is 1. The van der Waals surface area contributed by atoms with Gasteiger partial charge in [-0.2, -0.15) is 0 Å². The van der Waals surface area contributed by atoms with Crippen molar-refractivity contribution in [3.63, 3.8) is 0 Å². The maximum absolute atomic E-state index is 13.6. The molecule has 0 spiro atoms. The Bertz CT molecular complexity index is 477. The van der Waals surface area contributed by atoms with Gasteiger partial charge in [-0.25, -0.2) is 9.18 Å². The highest BCUT2D eigenvalue weighted by Crippen LogP contribution is 2.24. The van der Waals surface area contributed by atoms with Crippen LogP contribution in [-0.2, 0) is 11.3 Å². The lowest BCUT2D eigenvalue weighted by atomic mass is 9.96. The first-order chi connectivity index (χ1) is 9.56. The fraction of sp³-hybridized carbons (Fsp3) is 0.400. The molecule has 4 nitrogen and oxygen atoms in total. The molecule has 108 valence electrons. The van der Waals surface area contributed by atoms with Gasteiger partial charge in [0.05, 0.1) is 12.3 Å². The topological polar surface area (TPSA) is 49.8 Å². The lowest BCUT2D eigenvalue weighted by Gasteiger charge is -2.33. The molecule has 1 aromatic carbocycles. The summed E-state index contributed by atoms with van der Waals surface area (Å²) in [6, 6.07) is 9.28. The number of piperidine rings is 1. The molecular weight excluding hydrogens is 261 g/mol. The lowest BCUT2D eigenvalue weighted by molar-refractivity contribution is 0.0542. The zero-order valence-corrected chi connectivity index (χ0v) is 11.2. The third-order valence-corrected chi connectivity index (χ3v) is 3.33. The Kier molecular flexibility index (Phi) is 4.61. The van der Waals surface area contributed by atoms with E-state index in [0.29, 0.717) is 0 Å². The number of carbonyl (C=O) groups excluding carboxylic acids is 1. The molecule has 1 fully saturated rings. The van der Waals surface area contributed by atoms with E-state index in [4.69, 9.17) is 4.74 Å². The number of ether oxygens (including phenoxy) is 1. The number of rotatable bonds is 3. The normalized spacial score (nSPS) is 22.4. The Labute approximate surface area is 117 Å². The standard InChI is InChI=1S/C15H18FNO3/c1-11(18)13-7-14(16)9-17(8-13)15(19)20-10-12-5-3-2-4-6-12/h2-6,13-14,18H,1,7-10H2/t13-,14+/m0/s1. The molecule has 2 atom stereocenters. The molecule has 1 saturated heterocycles. The van der Waals surface area contributed by atoms with Crippen LogP contribution in [0.3, 0.4) is 0 Å². The number of hydrogen-bond donors (Lipinski definition) is 1.